The second kappa shape index (κ2) is 42.3. The molecule has 3 N–H and O–H groups in total. The van der Waals surface area contributed by atoms with Crippen LogP contribution in [0.2, 0.25) is 0 Å². The zero-order valence-corrected chi connectivity index (χ0v) is 36.5. The van der Waals surface area contributed by atoms with Crippen LogP contribution in [0.25, 0.3) is 0 Å². The first-order valence-corrected chi connectivity index (χ1v) is 23.8. The van der Waals surface area contributed by atoms with Crippen LogP contribution in [0.3, 0.4) is 0 Å². The molecule has 2 unspecified atom stereocenters. The molecule has 0 aromatic heterocycles. The molecule has 56 heavy (non-hydrogen) atoms. The Morgan fingerprint density at radius 1 is 0.554 bits per heavy atom. The van der Waals surface area contributed by atoms with Crippen molar-refractivity contribution in [3.8, 4) is 0 Å². The summed E-state index contributed by atoms with van der Waals surface area (Å²) in [5, 5.41) is 0. The highest BCUT2D eigenvalue weighted by Gasteiger charge is 2.26. The summed E-state index contributed by atoms with van der Waals surface area (Å²) in [7, 11) is -4.38. The molecule has 0 aliphatic heterocycles. The van der Waals surface area contributed by atoms with E-state index >= 15 is 0 Å². The lowest BCUT2D eigenvalue weighted by molar-refractivity contribution is -0.161. The molecule has 0 amide bonds. The maximum absolute atomic E-state index is 12.6. The van der Waals surface area contributed by atoms with Crippen LogP contribution in [-0.4, -0.2) is 49.3 Å². The number of carbonyl (C=O) groups excluding carboxylic acids is 2. The monoisotopic (exact) mass is 808 g/mol. The van der Waals surface area contributed by atoms with Crippen LogP contribution in [0.1, 0.15) is 187 Å². The van der Waals surface area contributed by atoms with Gasteiger partial charge in [-0.3, -0.25) is 18.6 Å². The number of ether oxygens (including phenoxy) is 2. The normalized spacial score (nSPS) is 13.9. The van der Waals surface area contributed by atoms with Gasteiger partial charge < -0.3 is 20.1 Å². The Morgan fingerprint density at radius 3 is 1.46 bits per heavy atom. The molecule has 0 aliphatic carbocycles. The number of rotatable bonds is 41. The quantitative estimate of drug-likeness (QED) is 0.0268. The number of unbranched alkanes of at least 4 members (excludes halogenated alkanes) is 18. The van der Waals surface area contributed by atoms with Gasteiger partial charge in [-0.05, 0) is 77.0 Å². The van der Waals surface area contributed by atoms with Gasteiger partial charge in [0.2, 0.25) is 0 Å². The number of allylic oxidation sites excluding steroid dienone is 10. The molecule has 324 valence electrons. The highest BCUT2D eigenvalue weighted by atomic mass is 31.2. The number of nitrogens with two attached hydrogens (primary N) is 1. The summed E-state index contributed by atoms with van der Waals surface area (Å²) < 4.78 is 32.8. The summed E-state index contributed by atoms with van der Waals surface area (Å²) in [5.74, 6) is -0.851. The maximum Gasteiger partial charge on any atom is 0.472 e. The lowest BCUT2D eigenvalue weighted by atomic mass is 10.1. The van der Waals surface area contributed by atoms with E-state index in [1.807, 2.05) is 0 Å². The van der Waals surface area contributed by atoms with Crippen molar-refractivity contribution in [2.45, 2.75) is 193 Å². The van der Waals surface area contributed by atoms with Gasteiger partial charge in [0.25, 0.3) is 0 Å². The van der Waals surface area contributed by atoms with Gasteiger partial charge in [-0.25, -0.2) is 4.57 Å². The number of phosphoric ester groups is 1. The molecule has 0 radical (unpaired) electrons. The molecule has 2 atom stereocenters. The first-order valence-electron chi connectivity index (χ1n) is 22.3. The van der Waals surface area contributed by atoms with E-state index in [0.717, 1.165) is 83.5 Å². The number of carbonyl (C=O) groups is 2. The van der Waals surface area contributed by atoms with Gasteiger partial charge in [0.15, 0.2) is 6.10 Å². The minimum absolute atomic E-state index is 0.0479. The molecular formula is C46H82NO8P. The van der Waals surface area contributed by atoms with E-state index in [1.165, 1.54) is 70.6 Å². The molecule has 10 heteroatoms. The molecule has 0 rings (SSSR count). The first kappa shape index (κ1) is 53.7. The predicted octanol–water partition coefficient (Wildman–Crippen LogP) is 12.9. The third kappa shape index (κ3) is 41.3. The van der Waals surface area contributed by atoms with E-state index in [-0.39, 0.29) is 32.6 Å². The molecule has 0 heterocycles. The van der Waals surface area contributed by atoms with E-state index in [0.29, 0.717) is 6.42 Å². The average molecular weight is 808 g/mol. The SMILES string of the molecule is CC/C=C\C/C=C\C/C=C\CCCCCCCCCC(=O)OC(COC(=O)CCCCCCCCC/C=C\C/C=C\CCCCCC)COP(=O)(O)OCCN. The molecule has 9 nitrogen and oxygen atoms in total. The third-order valence-electron chi connectivity index (χ3n) is 9.14. The van der Waals surface area contributed by atoms with E-state index in [9.17, 15) is 19.0 Å². The van der Waals surface area contributed by atoms with E-state index in [1.54, 1.807) is 0 Å². The molecule has 0 fully saturated rings. The van der Waals surface area contributed by atoms with Gasteiger partial charge in [-0.15, -0.1) is 0 Å². The average Bonchev–Trinajstić information content (AvgIpc) is 3.18. The Balaban J connectivity index is 4.17. The summed E-state index contributed by atoms with van der Waals surface area (Å²) >= 11 is 0. The molecule has 0 aromatic carbocycles. The van der Waals surface area contributed by atoms with Gasteiger partial charge in [-0.2, -0.15) is 0 Å². The van der Waals surface area contributed by atoms with Gasteiger partial charge in [0.05, 0.1) is 13.2 Å². The summed E-state index contributed by atoms with van der Waals surface area (Å²) in [5.41, 5.74) is 5.35. The van der Waals surface area contributed by atoms with Gasteiger partial charge >= 0.3 is 19.8 Å². The fourth-order valence-electron chi connectivity index (χ4n) is 5.85. The van der Waals surface area contributed by atoms with E-state index in [4.69, 9.17) is 24.3 Å². The number of hydrogen-bond donors (Lipinski definition) is 2. The Kier molecular flexibility index (Phi) is 40.6. The van der Waals surface area contributed by atoms with Crippen molar-refractivity contribution in [3.63, 3.8) is 0 Å². The lowest BCUT2D eigenvalue weighted by Gasteiger charge is -2.19. The summed E-state index contributed by atoms with van der Waals surface area (Å²) in [4.78, 5) is 34.9. The Morgan fingerprint density at radius 2 is 0.982 bits per heavy atom. The Labute approximate surface area is 342 Å². The minimum atomic E-state index is -4.38. The Bertz CT molecular complexity index is 1100. The molecule has 0 bridgehead atoms. The van der Waals surface area contributed by atoms with Crippen molar-refractivity contribution >= 4 is 19.8 Å². The van der Waals surface area contributed by atoms with Crippen molar-refractivity contribution in [3.05, 3.63) is 60.8 Å². The summed E-state index contributed by atoms with van der Waals surface area (Å²) in [6.07, 6.45) is 49.6. The topological polar surface area (TPSA) is 134 Å². The second-order valence-electron chi connectivity index (χ2n) is 14.5. The Hall–Kier alpha value is -2.29. The van der Waals surface area contributed by atoms with Crippen LogP contribution < -0.4 is 5.73 Å². The van der Waals surface area contributed by atoms with Gasteiger partial charge in [0.1, 0.15) is 6.61 Å². The summed E-state index contributed by atoms with van der Waals surface area (Å²) in [6, 6.07) is 0. The smallest absolute Gasteiger partial charge is 0.462 e. The molecular weight excluding hydrogens is 725 g/mol. The van der Waals surface area contributed by atoms with Crippen LogP contribution in [0, 0.1) is 0 Å². The zero-order valence-electron chi connectivity index (χ0n) is 35.6. The van der Waals surface area contributed by atoms with E-state index < -0.39 is 32.5 Å². The zero-order chi connectivity index (χ0) is 41.1. The molecule has 0 saturated heterocycles. The largest absolute Gasteiger partial charge is 0.472 e. The molecule has 0 aromatic rings. The van der Waals surface area contributed by atoms with Crippen molar-refractivity contribution in [1.82, 2.24) is 0 Å². The van der Waals surface area contributed by atoms with E-state index in [2.05, 4.69) is 74.6 Å². The van der Waals surface area contributed by atoms with Crippen LogP contribution in [-0.2, 0) is 32.7 Å². The number of phosphoric acid groups is 1. The van der Waals surface area contributed by atoms with Crippen molar-refractivity contribution in [2.75, 3.05) is 26.4 Å². The molecule has 0 saturated carbocycles. The van der Waals surface area contributed by atoms with Crippen LogP contribution in [0.5, 0.6) is 0 Å². The molecule has 0 spiro atoms. The fourth-order valence-corrected chi connectivity index (χ4v) is 6.62. The van der Waals surface area contributed by atoms with Crippen LogP contribution in [0.4, 0.5) is 0 Å². The fraction of sp³-hybridized carbons (Fsp3) is 0.739. The highest BCUT2D eigenvalue weighted by Crippen LogP contribution is 2.43. The van der Waals surface area contributed by atoms with Crippen molar-refractivity contribution < 1.29 is 37.6 Å². The third-order valence-corrected chi connectivity index (χ3v) is 10.1. The summed E-state index contributed by atoms with van der Waals surface area (Å²) in [6.45, 7) is 3.58. The van der Waals surface area contributed by atoms with Gasteiger partial charge in [-0.1, -0.05) is 158 Å². The maximum atomic E-state index is 12.6. The van der Waals surface area contributed by atoms with Crippen LogP contribution in [0.15, 0.2) is 60.8 Å². The minimum Gasteiger partial charge on any atom is -0.462 e. The van der Waals surface area contributed by atoms with Crippen molar-refractivity contribution in [2.24, 2.45) is 5.73 Å². The number of hydrogen-bond acceptors (Lipinski definition) is 8. The second-order valence-corrected chi connectivity index (χ2v) is 16.0. The van der Waals surface area contributed by atoms with Crippen molar-refractivity contribution in [1.29, 1.82) is 0 Å². The standard InChI is InChI=1S/C46H82NO8P/c1-3-5-7-9-11-13-15-17-19-21-23-24-26-28-30-32-34-36-38-45(48)52-42-44(43-54-56(50,51)53-41-40-47)55-46(49)39-37-35-33-31-29-27-25-22-20-18-16-14-12-10-8-6-4-2/h6,8,12-15,18-21,44H,3-5,7,9-11,16-17,22-43,47H2,1-2H3,(H,50,51)/b8-6-,14-12-,15-13-,20-18-,21-19-. The highest BCUT2D eigenvalue weighted by molar-refractivity contribution is 7.47. The molecule has 0 aliphatic rings. The number of esters is 2. The first-order chi connectivity index (χ1) is 27.3. The van der Waals surface area contributed by atoms with Gasteiger partial charge in [0, 0.05) is 19.4 Å². The van der Waals surface area contributed by atoms with Crippen LogP contribution >= 0.6 is 7.82 Å². The predicted molar refractivity (Wildman–Crippen MR) is 233 cm³/mol. The lowest BCUT2D eigenvalue weighted by Crippen LogP contribution is -2.29.